The van der Waals surface area contributed by atoms with Gasteiger partial charge in [-0.05, 0) is 23.9 Å². The van der Waals surface area contributed by atoms with E-state index in [0.717, 1.165) is 30.3 Å². The predicted octanol–water partition coefficient (Wildman–Crippen LogP) is 2.30. The number of rotatable bonds is 1. The van der Waals surface area contributed by atoms with Crippen molar-refractivity contribution in [2.75, 3.05) is 37.7 Å². The van der Waals surface area contributed by atoms with Crippen molar-refractivity contribution in [1.82, 2.24) is 4.42 Å². The zero-order valence-electron chi connectivity index (χ0n) is 9.81. The molecule has 1 aromatic carbocycles. The lowest BCUT2D eigenvalue weighted by atomic mass is 10.2. The van der Waals surface area contributed by atoms with Gasteiger partial charge in [0.25, 0.3) is 0 Å². The van der Waals surface area contributed by atoms with Crippen molar-refractivity contribution in [3.05, 3.63) is 18.2 Å². The van der Waals surface area contributed by atoms with Gasteiger partial charge < -0.3 is 14.4 Å². The minimum absolute atomic E-state index is 0.159. The third kappa shape index (κ3) is 2.20. The maximum absolute atomic E-state index is 6.36. The Hall–Kier alpha value is -0.840. The zero-order chi connectivity index (χ0) is 12.5. The molecular weight excluding hydrogens is 275 g/mol. The first-order valence-corrected chi connectivity index (χ1v) is 6.73. The van der Waals surface area contributed by atoms with Gasteiger partial charge in [-0.3, -0.25) is 0 Å². The highest BCUT2D eigenvalue weighted by molar-refractivity contribution is 6.23. The molecule has 0 saturated carbocycles. The van der Waals surface area contributed by atoms with Gasteiger partial charge in [-0.25, -0.2) is 4.42 Å². The summed E-state index contributed by atoms with van der Waals surface area (Å²) < 4.78 is 13.0. The van der Waals surface area contributed by atoms with E-state index < -0.39 is 0 Å². The van der Waals surface area contributed by atoms with Crippen LogP contribution in [0.2, 0.25) is 0 Å². The van der Waals surface area contributed by atoms with Gasteiger partial charge in [0.2, 0.25) is 0 Å². The quantitative estimate of drug-likeness (QED) is 0.450. The highest BCUT2D eigenvalue weighted by atomic mass is 35.5. The van der Waals surface area contributed by atoms with Crippen LogP contribution in [0.4, 0.5) is 5.69 Å². The lowest BCUT2D eigenvalue weighted by Gasteiger charge is -2.38. The molecule has 0 bridgehead atoms. The first-order valence-electron chi connectivity index (χ1n) is 5.96. The molecule has 3 rings (SSSR count). The van der Waals surface area contributed by atoms with E-state index in [0.29, 0.717) is 19.8 Å². The van der Waals surface area contributed by atoms with Gasteiger partial charge in [0.05, 0.1) is 5.69 Å². The summed E-state index contributed by atoms with van der Waals surface area (Å²) in [4.78, 5) is 2.11. The summed E-state index contributed by atoms with van der Waals surface area (Å²) in [6.45, 7) is 3.34. The Labute approximate surface area is 116 Å². The minimum Gasteiger partial charge on any atom is -0.486 e. The number of fused-ring (bicyclic) bond motifs is 1. The Morgan fingerprint density at radius 1 is 1.17 bits per heavy atom. The second-order valence-corrected chi connectivity index (χ2v) is 5.28. The second-order valence-electron chi connectivity index (χ2n) is 4.30. The lowest BCUT2D eigenvalue weighted by molar-refractivity contribution is 0.171. The number of nitrogens with zero attached hydrogens (tertiary/aromatic N) is 2. The van der Waals surface area contributed by atoms with Crippen LogP contribution >= 0.6 is 23.4 Å². The fourth-order valence-corrected chi connectivity index (χ4v) is 2.91. The van der Waals surface area contributed by atoms with Gasteiger partial charge in [-0.15, -0.1) is 0 Å². The van der Waals surface area contributed by atoms with E-state index in [-0.39, 0.29) is 5.50 Å². The van der Waals surface area contributed by atoms with Crippen LogP contribution in [-0.2, 0) is 0 Å². The summed E-state index contributed by atoms with van der Waals surface area (Å²) in [5.41, 5.74) is 0.824. The molecule has 1 atom stereocenters. The van der Waals surface area contributed by atoms with E-state index in [1.807, 2.05) is 18.2 Å². The topological polar surface area (TPSA) is 24.9 Å². The van der Waals surface area contributed by atoms with Gasteiger partial charge >= 0.3 is 0 Å². The maximum atomic E-state index is 6.36. The fraction of sp³-hybridized carbons (Fsp3) is 0.500. The van der Waals surface area contributed by atoms with E-state index >= 15 is 0 Å². The zero-order valence-corrected chi connectivity index (χ0v) is 11.3. The molecule has 6 heteroatoms. The van der Waals surface area contributed by atoms with Crippen molar-refractivity contribution in [2.24, 2.45) is 0 Å². The van der Waals surface area contributed by atoms with Crippen LogP contribution in [0.25, 0.3) is 0 Å². The molecule has 0 aliphatic carbocycles. The maximum Gasteiger partial charge on any atom is 0.184 e. The lowest BCUT2D eigenvalue weighted by Crippen LogP contribution is -2.47. The largest absolute Gasteiger partial charge is 0.486 e. The minimum atomic E-state index is -0.159. The van der Waals surface area contributed by atoms with Crippen LogP contribution in [0.15, 0.2) is 18.2 Å². The van der Waals surface area contributed by atoms with E-state index in [1.165, 1.54) is 0 Å². The molecule has 1 saturated heterocycles. The monoisotopic (exact) mass is 288 g/mol. The van der Waals surface area contributed by atoms with E-state index in [2.05, 4.69) is 4.90 Å². The van der Waals surface area contributed by atoms with Crippen molar-refractivity contribution in [3.8, 4) is 11.5 Å². The molecule has 2 heterocycles. The van der Waals surface area contributed by atoms with Gasteiger partial charge in [-0.2, -0.15) is 0 Å². The van der Waals surface area contributed by atoms with E-state index in [4.69, 9.17) is 32.9 Å². The Morgan fingerprint density at radius 3 is 2.83 bits per heavy atom. The molecular formula is C12H14Cl2N2O2. The van der Waals surface area contributed by atoms with Gasteiger partial charge in [0, 0.05) is 19.6 Å². The number of para-hydroxylation sites is 1. The van der Waals surface area contributed by atoms with Crippen molar-refractivity contribution in [3.63, 3.8) is 0 Å². The molecule has 0 N–H and O–H groups in total. The Kier molecular flexibility index (Phi) is 3.41. The fourth-order valence-electron chi connectivity index (χ4n) is 2.27. The number of benzene rings is 1. The number of alkyl halides is 1. The highest BCUT2D eigenvalue weighted by Crippen LogP contribution is 2.41. The first kappa shape index (κ1) is 12.2. The average molecular weight is 289 g/mol. The Bertz CT molecular complexity index is 444. The standard InChI is InChI=1S/C12H14Cl2N2O2/c13-11-8-15(14)4-5-16(11)9-2-1-3-10-12(9)18-7-6-17-10/h1-3,11H,4-8H2. The molecule has 98 valence electrons. The van der Waals surface area contributed by atoms with Crippen LogP contribution in [0.3, 0.4) is 0 Å². The van der Waals surface area contributed by atoms with Gasteiger partial charge in [0.15, 0.2) is 11.5 Å². The smallest absolute Gasteiger partial charge is 0.184 e. The summed E-state index contributed by atoms with van der Waals surface area (Å²) in [6.07, 6.45) is 0. The summed E-state index contributed by atoms with van der Waals surface area (Å²) in [5, 5.41) is 0. The number of piperazine rings is 1. The molecule has 1 unspecified atom stereocenters. The Balaban J connectivity index is 1.92. The normalized spacial score (nSPS) is 24.1. The van der Waals surface area contributed by atoms with Crippen molar-refractivity contribution < 1.29 is 9.47 Å². The number of halogens is 2. The average Bonchev–Trinajstić information content (AvgIpc) is 2.38. The third-order valence-electron chi connectivity index (χ3n) is 3.13. The van der Waals surface area contributed by atoms with E-state index in [1.54, 1.807) is 4.42 Å². The number of hydrogen-bond donors (Lipinski definition) is 0. The van der Waals surface area contributed by atoms with E-state index in [9.17, 15) is 0 Å². The third-order valence-corrected chi connectivity index (χ3v) is 3.81. The molecule has 0 spiro atoms. The van der Waals surface area contributed by atoms with Crippen molar-refractivity contribution in [1.29, 1.82) is 0 Å². The van der Waals surface area contributed by atoms with Crippen LogP contribution in [0.5, 0.6) is 11.5 Å². The molecule has 4 nitrogen and oxygen atoms in total. The molecule has 1 aromatic rings. The molecule has 18 heavy (non-hydrogen) atoms. The molecule has 0 aromatic heterocycles. The summed E-state index contributed by atoms with van der Waals surface area (Å²) >= 11 is 12.3. The SMILES string of the molecule is ClC1CN(Cl)CCN1c1cccc2c1OCCO2. The van der Waals surface area contributed by atoms with Crippen LogP contribution in [-0.4, -0.2) is 42.8 Å². The van der Waals surface area contributed by atoms with Gasteiger partial charge in [-0.1, -0.05) is 17.7 Å². The van der Waals surface area contributed by atoms with Crippen molar-refractivity contribution >= 4 is 29.1 Å². The molecule has 1 fully saturated rings. The predicted molar refractivity (Wildman–Crippen MR) is 71.8 cm³/mol. The van der Waals surface area contributed by atoms with Crippen LogP contribution in [0.1, 0.15) is 0 Å². The summed E-state index contributed by atoms with van der Waals surface area (Å²) in [7, 11) is 0. The van der Waals surface area contributed by atoms with Crippen LogP contribution < -0.4 is 14.4 Å². The molecule has 2 aliphatic heterocycles. The van der Waals surface area contributed by atoms with Crippen LogP contribution in [0, 0.1) is 0 Å². The summed E-state index contributed by atoms with van der Waals surface area (Å²) in [6, 6.07) is 5.88. The number of hydrogen-bond acceptors (Lipinski definition) is 4. The Morgan fingerprint density at radius 2 is 2.00 bits per heavy atom. The van der Waals surface area contributed by atoms with Gasteiger partial charge in [0.1, 0.15) is 18.7 Å². The first-order chi connectivity index (χ1) is 8.75. The summed E-state index contributed by atoms with van der Waals surface area (Å²) in [5.74, 6) is 1.58. The van der Waals surface area contributed by atoms with Crippen molar-refractivity contribution in [2.45, 2.75) is 5.50 Å². The molecule has 2 aliphatic rings. The number of ether oxygens (including phenoxy) is 2. The molecule has 0 radical (unpaired) electrons. The molecule has 0 amide bonds. The second kappa shape index (κ2) is 5.03. The highest BCUT2D eigenvalue weighted by Gasteiger charge is 2.28. The number of anilines is 1.